The highest BCUT2D eigenvalue weighted by Crippen LogP contribution is 2.11. The summed E-state index contributed by atoms with van der Waals surface area (Å²) in [7, 11) is 6.01. The molecule has 3 heteroatoms. The average molecular weight is 165 g/mol. The minimum Gasteiger partial charge on any atom is -0.301 e. The van der Waals surface area contributed by atoms with Crippen molar-refractivity contribution in [2.75, 3.05) is 21.1 Å². The summed E-state index contributed by atoms with van der Waals surface area (Å²) in [5.41, 5.74) is 1.19. The van der Waals surface area contributed by atoms with Crippen molar-refractivity contribution < 1.29 is 0 Å². The van der Waals surface area contributed by atoms with E-state index in [2.05, 4.69) is 21.3 Å². The first kappa shape index (κ1) is 9.16. The van der Waals surface area contributed by atoms with E-state index in [0.29, 0.717) is 0 Å². The molecule has 0 amide bonds. The van der Waals surface area contributed by atoms with Crippen molar-refractivity contribution in [2.45, 2.75) is 6.17 Å². The molecule has 1 heterocycles. The predicted molar refractivity (Wildman–Crippen MR) is 49.7 cm³/mol. The highest BCUT2D eigenvalue weighted by atomic mass is 15.2. The van der Waals surface area contributed by atoms with Gasteiger partial charge in [0.25, 0.3) is 0 Å². The van der Waals surface area contributed by atoms with Crippen molar-refractivity contribution in [3.63, 3.8) is 0 Å². The first-order valence-electron chi connectivity index (χ1n) is 3.99. The van der Waals surface area contributed by atoms with Gasteiger partial charge in [0.2, 0.25) is 0 Å². The zero-order chi connectivity index (χ0) is 8.97. The summed E-state index contributed by atoms with van der Waals surface area (Å²) in [5.74, 6) is 0. The molecule has 0 aliphatic rings. The van der Waals surface area contributed by atoms with Gasteiger partial charge in [-0.2, -0.15) is 0 Å². The van der Waals surface area contributed by atoms with Crippen LogP contribution < -0.4 is 5.32 Å². The first-order valence-corrected chi connectivity index (χ1v) is 3.99. The molecule has 0 fully saturated rings. The van der Waals surface area contributed by atoms with Crippen LogP contribution in [0, 0.1) is 0 Å². The van der Waals surface area contributed by atoms with E-state index in [1.54, 1.807) is 6.20 Å². The molecule has 1 N–H and O–H groups in total. The molecule has 1 unspecified atom stereocenters. The summed E-state index contributed by atoms with van der Waals surface area (Å²) in [6.45, 7) is 0. The van der Waals surface area contributed by atoms with E-state index in [-0.39, 0.29) is 6.17 Å². The molecule has 0 aliphatic carbocycles. The lowest BCUT2D eigenvalue weighted by atomic mass is 10.2. The highest BCUT2D eigenvalue weighted by Gasteiger charge is 2.09. The number of nitrogens with one attached hydrogen (secondary N) is 1. The van der Waals surface area contributed by atoms with Crippen LogP contribution >= 0.6 is 0 Å². The zero-order valence-electron chi connectivity index (χ0n) is 7.78. The summed E-state index contributed by atoms with van der Waals surface area (Å²) in [4.78, 5) is 6.18. The van der Waals surface area contributed by atoms with Gasteiger partial charge in [-0.15, -0.1) is 0 Å². The monoisotopic (exact) mass is 165 g/mol. The number of rotatable bonds is 3. The fourth-order valence-corrected chi connectivity index (χ4v) is 1.26. The molecule has 0 saturated carbocycles. The Balaban J connectivity index is 2.80. The van der Waals surface area contributed by atoms with Gasteiger partial charge in [0.1, 0.15) is 0 Å². The Morgan fingerprint density at radius 2 is 2.25 bits per heavy atom. The fourth-order valence-electron chi connectivity index (χ4n) is 1.26. The molecule has 3 nitrogen and oxygen atoms in total. The zero-order valence-corrected chi connectivity index (χ0v) is 7.78. The predicted octanol–water partition coefficient (Wildman–Crippen LogP) is 0.861. The summed E-state index contributed by atoms with van der Waals surface area (Å²) < 4.78 is 0. The van der Waals surface area contributed by atoms with E-state index in [9.17, 15) is 0 Å². The Bertz CT molecular complexity index is 220. The van der Waals surface area contributed by atoms with Gasteiger partial charge in [0, 0.05) is 18.0 Å². The lowest BCUT2D eigenvalue weighted by molar-refractivity contribution is 0.264. The lowest BCUT2D eigenvalue weighted by Crippen LogP contribution is -2.30. The van der Waals surface area contributed by atoms with Gasteiger partial charge in [0.05, 0.1) is 6.17 Å². The molecule has 1 aromatic rings. The number of pyridine rings is 1. The SMILES string of the molecule is CNC(c1cccnc1)N(C)C. The van der Waals surface area contributed by atoms with Crippen LogP contribution in [0.1, 0.15) is 11.7 Å². The van der Waals surface area contributed by atoms with Crippen molar-refractivity contribution in [3.05, 3.63) is 30.1 Å². The molecule has 0 aliphatic heterocycles. The molecule has 1 rings (SSSR count). The minimum absolute atomic E-state index is 0.249. The van der Waals surface area contributed by atoms with Gasteiger partial charge in [-0.25, -0.2) is 0 Å². The lowest BCUT2D eigenvalue weighted by Gasteiger charge is -2.23. The van der Waals surface area contributed by atoms with E-state index in [4.69, 9.17) is 0 Å². The molecule has 0 spiro atoms. The second-order valence-electron chi connectivity index (χ2n) is 2.94. The Hall–Kier alpha value is -0.930. The second kappa shape index (κ2) is 4.18. The Kier molecular flexibility index (Phi) is 3.19. The summed E-state index contributed by atoms with van der Waals surface area (Å²) in [5, 5.41) is 3.20. The average Bonchev–Trinajstić information content (AvgIpc) is 2.07. The van der Waals surface area contributed by atoms with Crippen molar-refractivity contribution >= 4 is 0 Å². The third-order valence-electron chi connectivity index (χ3n) is 1.79. The Morgan fingerprint density at radius 1 is 1.50 bits per heavy atom. The Labute approximate surface area is 73.4 Å². The molecule has 0 saturated heterocycles. The normalized spacial score (nSPS) is 13.3. The molecule has 66 valence electrons. The summed E-state index contributed by atoms with van der Waals surface area (Å²) in [6.07, 6.45) is 3.91. The maximum atomic E-state index is 4.07. The van der Waals surface area contributed by atoms with E-state index in [0.717, 1.165) is 0 Å². The van der Waals surface area contributed by atoms with E-state index in [1.165, 1.54) is 5.56 Å². The number of aromatic nitrogens is 1. The number of nitrogens with zero attached hydrogens (tertiary/aromatic N) is 2. The first-order chi connectivity index (χ1) is 5.75. The van der Waals surface area contributed by atoms with Crippen LogP contribution in [0.2, 0.25) is 0 Å². The molecule has 1 aromatic heterocycles. The van der Waals surface area contributed by atoms with Gasteiger partial charge in [0.15, 0.2) is 0 Å². The third-order valence-corrected chi connectivity index (χ3v) is 1.79. The van der Waals surface area contributed by atoms with Crippen LogP contribution in [0.4, 0.5) is 0 Å². The third kappa shape index (κ3) is 2.03. The standard InChI is InChI=1S/C9H15N3/c1-10-9(12(2)3)8-5-4-6-11-7-8/h4-7,9-10H,1-3H3. The summed E-state index contributed by atoms with van der Waals surface area (Å²) >= 11 is 0. The molecule has 1 atom stereocenters. The largest absolute Gasteiger partial charge is 0.301 e. The van der Waals surface area contributed by atoms with E-state index in [1.807, 2.05) is 33.4 Å². The maximum absolute atomic E-state index is 4.07. The van der Waals surface area contributed by atoms with Crippen LogP contribution in [0.5, 0.6) is 0 Å². The summed E-state index contributed by atoms with van der Waals surface area (Å²) in [6, 6.07) is 4.01. The second-order valence-corrected chi connectivity index (χ2v) is 2.94. The van der Waals surface area contributed by atoms with Gasteiger partial charge in [-0.1, -0.05) is 6.07 Å². The van der Waals surface area contributed by atoms with Crippen LogP contribution in [-0.4, -0.2) is 31.0 Å². The van der Waals surface area contributed by atoms with Crippen LogP contribution in [0.3, 0.4) is 0 Å². The van der Waals surface area contributed by atoms with Gasteiger partial charge >= 0.3 is 0 Å². The quantitative estimate of drug-likeness (QED) is 0.673. The maximum Gasteiger partial charge on any atom is 0.0868 e. The van der Waals surface area contributed by atoms with Gasteiger partial charge < -0.3 is 5.32 Å². The molecule has 0 aromatic carbocycles. The van der Waals surface area contributed by atoms with Crippen molar-refractivity contribution in [1.29, 1.82) is 0 Å². The molecule has 0 bridgehead atoms. The number of hydrogen-bond donors (Lipinski definition) is 1. The van der Waals surface area contributed by atoms with Crippen LogP contribution in [0.15, 0.2) is 24.5 Å². The fraction of sp³-hybridized carbons (Fsp3) is 0.444. The van der Waals surface area contributed by atoms with Crippen LogP contribution in [0.25, 0.3) is 0 Å². The van der Waals surface area contributed by atoms with Crippen molar-refractivity contribution in [3.8, 4) is 0 Å². The van der Waals surface area contributed by atoms with E-state index < -0.39 is 0 Å². The molecular formula is C9H15N3. The van der Waals surface area contributed by atoms with Crippen LogP contribution in [-0.2, 0) is 0 Å². The highest BCUT2D eigenvalue weighted by molar-refractivity contribution is 5.12. The smallest absolute Gasteiger partial charge is 0.0868 e. The van der Waals surface area contributed by atoms with Crippen molar-refractivity contribution in [1.82, 2.24) is 15.2 Å². The van der Waals surface area contributed by atoms with Gasteiger partial charge in [-0.3, -0.25) is 9.88 Å². The molecule has 12 heavy (non-hydrogen) atoms. The molecule has 0 radical (unpaired) electrons. The number of hydrogen-bond acceptors (Lipinski definition) is 3. The topological polar surface area (TPSA) is 28.2 Å². The van der Waals surface area contributed by atoms with E-state index >= 15 is 0 Å². The van der Waals surface area contributed by atoms with Gasteiger partial charge in [-0.05, 0) is 27.2 Å². The Morgan fingerprint density at radius 3 is 2.67 bits per heavy atom. The minimum atomic E-state index is 0.249. The van der Waals surface area contributed by atoms with Crippen molar-refractivity contribution in [2.24, 2.45) is 0 Å². The molecular weight excluding hydrogens is 150 g/mol.